The van der Waals surface area contributed by atoms with Crippen LogP contribution in [0.15, 0.2) is 72.8 Å². The summed E-state index contributed by atoms with van der Waals surface area (Å²) in [6, 6.07) is 22.8. The van der Waals surface area contributed by atoms with Crippen molar-refractivity contribution in [1.29, 1.82) is 0 Å². The monoisotopic (exact) mass is 828 g/mol. The molecule has 308 valence electrons. The molecule has 6 rings (SSSR count). The van der Waals surface area contributed by atoms with Crippen LogP contribution in [0.4, 0.5) is 10.7 Å². The molecule has 0 bridgehead atoms. The average Bonchev–Trinajstić information content (AvgIpc) is 3.88. The first kappa shape index (κ1) is 44.1. The second-order valence-electron chi connectivity index (χ2n) is 15.2. The number of carboxylic acid groups (broad SMARTS) is 2. The number of hydrogen-bond donors (Lipinski definition) is 4. The molecular weight excluding hydrogens is 776 g/mol. The lowest BCUT2D eigenvalue weighted by Gasteiger charge is -2.31. The van der Waals surface area contributed by atoms with Crippen LogP contribution in [0, 0.1) is 0 Å². The minimum atomic E-state index is -0.984. The number of hydrogen-bond acceptors (Lipinski definition) is 7. The number of benzene rings is 3. The molecule has 4 N–H and O–H groups in total. The number of anilines is 2. The van der Waals surface area contributed by atoms with Gasteiger partial charge in [-0.15, -0.1) is 23.7 Å². The smallest absolute Gasteiger partial charge is 0.335 e. The number of aryl methyl sites for hydroxylation is 3. The summed E-state index contributed by atoms with van der Waals surface area (Å²) in [5, 5.41) is 24.8. The van der Waals surface area contributed by atoms with E-state index in [-0.39, 0.29) is 48.5 Å². The molecule has 3 amide bonds. The standard InChI is InChI=1S/C45H52N4O7S.ClH/c1-48(39(50)24-25-40(51)52)26-27-49(36-12-2-3-13-36)29-32-10-7-11-34(28-32)42(53)47-44-41(37-14-4-5-15-38(37)57-44)43(54)46-35-22-18-31(19-23-35)9-6-8-30-16-20-33(21-17-30)45(55)56;/h7,10-11,16-23,28,36H,2-6,8-9,12-15,24-27,29H2,1H3,(H,46,54)(H,47,53)(H,51,52)(H,55,56);1H. The van der Waals surface area contributed by atoms with Gasteiger partial charge in [-0.2, -0.15) is 0 Å². The van der Waals surface area contributed by atoms with E-state index >= 15 is 0 Å². The van der Waals surface area contributed by atoms with E-state index in [4.69, 9.17) is 10.2 Å². The molecular formula is C45H53ClN4O7S. The number of halogens is 1. The number of thiophene rings is 1. The van der Waals surface area contributed by atoms with Gasteiger partial charge >= 0.3 is 11.9 Å². The number of carboxylic acids is 2. The largest absolute Gasteiger partial charge is 0.481 e. The summed E-state index contributed by atoms with van der Waals surface area (Å²) in [6.07, 6.45) is 10.5. The quantitative estimate of drug-likeness (QED) is 0.0778. The van der Waals surface area contributed by atoms with Crippen LogP contribution in [-0.2, 0) is 41.8 Å². The van der Waals surface area contributed by atoms with E-state index in [9.17, 15) is 24.0 Å². The van der Waals surface area contributed by atoms with Crippen molar-refractivity contribution in [3.63, 3.8) is 0 Å². The van der Waals surface area contributed by atoms with Crippen LogP contribution in [-0.4, -0.2) is 75.9 Å². The maximum atomic E-state index is 13.9. The summed E-state index contributed by atoms with van der Waals surface area (Å²) in [5.41, 5.74) is 6.22. The predicted octanol–water partition coefficient (Wildman–Crippen LogP) is 8.49. The zero-order valence-electron chi connectivity index (χ0n) is 33.0. The molecule has 1 saturated carbocycles. The number of aromatic carboxylic acids is 1. The van der Waals surface area contributed by atoms with Gasteiger partial charge in [-0.25, -0.2) is 4.79 Å². The molecule has 0 saturated heterocycles. The highest BCUT2D eigenvalue weighted by molar-refractivity contribution is 7.17. The second kappa shape index (κ2) is 21.1. The molecule has 11 nitrogen and oxygen atoms in total. The fraction of sp³-hybridized carbons (Fsp3) is 0.400. The molecule has 1 aromatic heterocycles. The highest BCUT2D eigenvalue weighted by atomic mass is 35.5. The highest BCUT2D eigenvalue weighted by Gasteiger charge is 2.28. The Morgan fingerprint density at radius 1 is 0.741 bits per heavy atom. The Balaban J connectivity index is 0.00000641. The van der Waals surface area contributed by atoms with Crippen molar-refractivity contribution in [3.8, 4) is 0 Å². The molecule has 2 aliphatic rings. The fourth-order valence-electron chi connectivity index (χ4n) is 7.84. The fourth-order valence-corrected chi connectivity index (χ4v) is 9.12. The maximum Gasteiger partial charge on any atom is 0.335 e. The van der Waals surface area contributed by atoms with E-state index < -0.39 is 11.9 Å². The summed E-state index contributed by atoms with van der Waals surface area (Å²) in [5.74, 6) is -2.61. The van der Waals surface area contributed by atoms with Crippen LogP contribution in [0.25, 0.3) is 0 Å². The van der Waals surface area contributed by atoms with Crippen molar-refractivity contribution >= 4 is 64.1 Å². The van der Waals surface area contributed by atoms with Gasteiger partial charge in [0, 0.05) is 55.3 Å². The molecule has 58 heavy (non-hydrogen) atoms. The van der Waals surface area contributed by atoms with Crippen molar-refractivity contribution in [2.24, 2.45) is 0 Å². The van der Waals surface area contributed by atoms with Gasteiger partial charge in [0.2, 0.25) is 5.91 Å². The average molecular weight is 829 g/mol. The molecule has 1 heterocycles. The van der Waals surface area contributed by atoms with E-state index in [0.717, 1.165) is 97.8 Å². The van der Waals surface area contributed by atoms with E-state index in [0.29, 0.717) is 47.5 Å². The number of nitrogens with zero attached hydrogens (tertiary/aromatic N) is 2. The minimum absolute atomic E-state index is 0. The van der Waals surface area contributed by atoms with E-state index in [1.165, 1.54) is 11.3 Å². The summed E-state index contributed by atoms with van der Waals surface area (Å²) >= 11 is 1.49. The van der Waals surface area contributed by atoms with Gasteiger partial charge in [0.25, 0.3) is 11.8 Å². The molecule has 0 radical (unpaired) electrons. The zero-order chi connectivity index (χ0) is 40.3. The third-order valence-electron chi connectivity index (χ3n) is 11.1. The molecule has 4 aromatic rings. The number of carbonyl (C=O) groups is 5. The molecule has 3 aromatic carbocycles. The van der Waals surface area contributed by atoms with Gasteiger partial charge in [0.15, 0.2) is 0 Å². The van der Waals surface area contributed by atoms with Gasteiger partial charge in [0.1, 0.15) is 5.00 Å². The lowest BCUT2D eigenvalue weighted by molar-refractivity contribution is -0.140. The first-order chi connectivity index (χ1) is 27.5. The van der Waals surface area contributed by atoms with Crippen LogP contribution >= 0.6 is 23.7 Å². The molecule has 0 spiro atoms. The SMILES string of the molecule is CN(CCN(Cc1cccc(C(=O)Nc2sc3c(c2C(=O)Nc2ccc(CCCc4ccc(C(=O)O)cc4)cc2)CCCC3)c1)C1CCCC1)C(=O)CCC(=O)O.Cl. The molecule has 1 fully saturated rings. The van der Waals surface area contributed by atoms with Gasteiger partial charge in [-0.1, -0.05) is 49.2 Å². The molecule has 0 unspecified atom stereocenters. The number of amides is 3. The topological polar surface area (TPSA) is 156 Å². The summed E-state index contributed by atoms with van der Waals surface area (Å²) in [6.45, 7) is 1.75. The van der Waals surface area contributed by atoms with Crippen LogP contribution in [0.1, 0.15) is 116 Å². The van der Waals surface area contributed by atoms with Gasteiger partial charge in [-0.05, 0) is 116 Å². The Hall–Kier alpha value is -5.04. The van der Waals surface area contributed by atoms with Crippen molar-refractivity contribution in [1.82, 2.24) is 9.80 Å². The maximum absolute atomic E-state index is 13.9. The van der Waals surface area contributed by atoms with Crippen LogP contribution in [0.2, 0.25) is 0 Å². The highest BCUT2D eigenvalue weighted by Crippen LogP contribution is 2.39. The normalized spacial score (nSPS) is 13.7. The van der Waals surface area contributed by atoms with Crippen LogP contribution < -0.4 is 10.6 Å². The van der Waals surface area contributed by atoms with Gasteiger partial charge in [-0.3, -0.25) is 24.1 Å². The summed E-state index contributed by atoms with van der Waals surface area (Å²) in [4.78, 5) is 67.5. The lowest BCUT2D eigenvalue weighted by Crippen LogP contribution is -2.40. The van der Waals surface area contributed by atoms with Crippen molar-refractivity contribution in [2.75, 3.05) is 30.8 Å². The van der Waals surface area contributed by atoms with E-state index in [2.05, 4.69) is 15.5 Å². The Morgan fingerprint density at radius 2 is 1.41 bits per heavy atom. The van der Waals surface area contributed by atoms with E-state index in [1.807, 2.05) is 54.6 Å². The molecule has 2 aliphatic carbocycles. The Bertz CT molecular complexity index is 2060. The molecule has 0 atom stereocenters. The van der Waals surface area contributed by atoms with Crippen LogP contribution in [0.3, 0.4) is 0 Å². The summed E-state index contributed by atoms with van der Waals surface area (Å²) in [7, 11) is 1.72. The number of nitrogens with one attached hydrogen (secondary N) is 2. The lowest BCUT2D eigenvalue weighted by atomic mass is 9.95. The first-order valence-corrected chi connectivity index (χ1v) is 20.8. The number of fused-ring (bicyclic) bond motifs is 1. The van der Waals surface area contributed by atoms with Crippen molar-refractivity contribution in [2.45, 2.75) is 96.1 Å². The third kappa shape index (κ3) is 12.0. The van der Waals surface area contributed by atoms with Crippen molar-refractivity contribution < 1.29 is 34.2 Å². The molecule has 0 aliphatic heterocycles. The second-order valence-corrected chi connectivity index (χ2v) is 16.3. The van der Waals surface area contributed by atoms with Gasteiger partial charge in [0.05, 0.1) is 17.5 Å². The first-order valence-electron chi connectivity index (χ1n) is 20.0. The third-order valence-corrected chi connectivity index (χ3v) is 12.3. The Labute approximate surface area is 350 Å². The number of carbonyl (C=O) groups excluding carboxylic acids is 3. The summed E-state index contributed by atoms with van der Waals surface area (Å²) < 4.78 is 0. The van der Waals surface area contributed by atoms with Gasteiger partial charge < -0.3 is 25.7 Å². The zero-order valence-corrected chi connectivity index (χ0v) is 34.6. The molecule has 13 heteroatoms. The Morgan fingerprint density at radius 3 is 2.09 bits per heavy atom. The number of aliphatic carboxylic acids is 1. The number of likely N-dealkylation sites (N-methyl/N-ethyl adjacent to an activating group) is 1. The van der Waals surface area contributed by atoms with Crippen LogP contribution in [0.5, 0.6) is 0 Å². The van der Waals surface area contributed by atoms with Crippen molar-refractivity contribution in [3.05, 3.63) is 117 Å². The predicted molar refractivity (Wildman–Crippen MR) is 230 cm³/mol. The Kier molecular flexibility index (Phi) is 16.0. The minimum Gasteiger partial charge on any atom is -0.481 e. The van der Waals surface area contributed by atoms with E-state index in [1.54, 1.807) is 30.1 Å². The number of rotatable bonds is 18.